The molecule has 1 amide bonds. The number of hydrogen-bond acceptors (Lipinski definition) is 7. The molecular formula is C28H33N3O5S2. The third-order valence-corrected chi connectivity index (χ3v) is 8.95. The molecule has 1 saturated heterocycles. The normalized spacial score (nSPS) is 13.8. The standard InChI is InChI=1S/C28H33N3O5S2/c1-4-36-23-11-9-22(10-12-23)31(38(33,34)25-15-13-24(37-3)14-16-25)21-28(32)30-19-17-29(18-20-30)26-7-5-6-8-27(26)35-2/h5-16H,4,17-21H2,1-3H3. The SMILES string of the molecule is CCOc1ccc(N(CC(=O)N2CCN(c3ccccc3OC)CC2)S(=O)(=O)c2ccc(SC)cc2)cc1. The topological polar surface area (TPSA) is 79.4 Å². The molecule has 0 radical (unpaired) electrons. The van der Waals surface area contributed by atoms with Crippen molar-refractivity contribution in [2.24, 2.45) is 0 Å². The van der Waals surface area contributed by atoms with Crippen LogP contribution in [0.25, 0.3) is 0 Å². The lowest BCUT2D eigenvalue weighted by molar-refractivity contribution is -0.129. The predicted molar refractivity (Wildman–Crippen MR) is 152 cm³/mol. The summed E-state index contributed by atoms with van der Waals surface area (Å²) in [6, 6.07) is 21.3. The quantitative estimate of drug-likeness (QED) is 0.344. The molecule has 3 aromatic rings. The molecule has 0 N–H and O–H groups in total. The Morgan fingerprint density at radius 2 is 1.61 bits per heavy atom. The summed E-state index contributed by atoms with van der Waals surface area (Å²) in [5, 5.41) is 0. The van der Waals surface area contributed by atoms with Gasteiger partial charge in [0.15, 0.2) is 0 Å². The Kier molecular flexibility index (Phi) is 9.06. The summed E-state index contributed by atoms with van der Waals surface area (Å²) in [5.74, 6) is 1.17. The number of para-hydroxylation sites is 2. The fourth-order valence-corrected chi connectivity index (χ4v) is 6.20. The largest absolute Gasteiger partial charge is 0.495 e. The van der Waals surface area contributed by atoms with E-state index in [0.29, 0.717) is 44.2 Å². The van der Waals surface area contributed by atoms with Gasteiger partial charge >= 0.3 is 0 Å². The number of carbonyl (C=O) groups excluding carboxylic acids is 1. The van der Waals surface area contributed by atoms with Gasteiger partial charge in [0.1, 0.15) is 18.0 Å². The summed E-state index contributed by atoms with van der Waals surface area (Å²) < 4.78 is 39.7. The fourth-order valence-electron chi connectivity index (χ4n) is 4.38. The smallest absolute Gasteiger partial charge is 0.264 e. The highest BCUT2D eigenvalue weighted by atomic mass is 32.2. The molecule has 4 rings (SSSR count). The van der Waals surface area contributed by atoms with Crippen LogP contribution >= 0.6 is 11.8 Å². The molecule has 1 heterocycles. The molecule has 0 spiro atoms. The van der Waals surface area contributed by atoms with Crippen LogP contribution in [0.1, 0.15) is 6.92 Å². The minimum Gasteiger partial charge on any atom is -0.495 e. The van der Waals surface area contributed by atoms with Crippen molar-refractivity contribution in [3.8, 4) is 11.5 Å². The van der Waals surface area contributed by atoms with Crippen molar-refractivity contribution >= 4 is 39.1 Å². The van der Waals surface area contributed by atoms with Crippen LogP contribution in [0, 0.1) is 0 Å². The van der Waals surface area contributed by atoms with Crippen LogP contribution in [-0.2, 0) is 14.8 Å². The summed E-state index contributed by atoms with van der Waals surface area (Å²) in [5.41, 5.74) is 1.39. The van der Waals surface area contributed by atoms with Crippen LogP contribution in [0.4, 0.5) is 11.4 Å². The van der Waals surface area contributed by atoms with E-state index in [-0.39, 0.29) is 17.3 Å². The second-order valence-corrected chi connectivity index (χ2v) is 11.4. The first-order valence-electron chi connectivity index (χ1n) is 12.4. The fraction of sp³-hybridized carbons (Fsp3) is 0.321. The number of nitrogens with zero attached hydrogens (tertiary/aromatic N) is 3. The molecular weight excluding hydrogens is 522 g/mol. The lowest BCUT2D eigenvalue weighted by Gasteiger charge is -2.37. The van der Waals surface area contributed by atoms with Crippen molar-refractivity contribution in [2.45, 2.75) is 16.7 Å². The number of thioether (sulfide) groups is 1. The Hall–Kier alpha value is -3.37. The van der Waals surface area contributed by atoms with Crippen LogP contribution < -0.4 is 18.7 Å². The van der Waals surface area contributed by atoms with Crippen LogP contribution in [0.3, 0.4) is 0 Å². The third kappa shape index (κ3) is 6.19. The number of sulfonamides is 1. The number of rotatable bonds is 10. The lowest BCUT2D eigenvalue weighted by atomic mass is 10.2. The number of carbonyl (C=O) groups is 1. The maximum Gasteiger partial charge on any atom is 0.264 e. The van der Waals surface area contributed by atoms with Gasteiger partial charge in [0.2, 0.25) is 5.91 Å². The van der Waals surface area contributed by atoms with Gasteiger partial charge in [-0.05, 0) is 73.8 Å². The average molecular weight is 556 g/mol. The number of methoxy groups -OCH3 is 1. The minimum atomic E-state index is -3.99. The molecule has 0 unspecified atom stereocenters. The van der Waals surface area contributed by atoms with Crippen molar-refractivity contribution in [1.82, 2.24) is 4.90 Å². The molecule has 1 aliphatic heterocycles. The third-order valence-electron chi connectivity index (χ3n) is 6.42. The van der Waals surface area contributed by atoms with Crippen molar-refractivity contribution in [3.05, 3.63) is 72.8 Å². The van der Waals surface area contributed by atoms with E-state index in [2.05, 4.69) is 4.90 Å². The van der Waals surface area contributed by atoms with E-state index < -0.39 is 10.0 Å². The molecule has 38 heavy (non-hydrogen) atoms. The summed E-state index contributed by atoms with van der Waals surface area (Å²) in [6.07, 6.45) is 1.93. The van der Waals surface area contributed by atoms with E-state index in [1.165, 1.54) is 16.1 Å². The Morgan fingerprint density at radius 3 is 2.21 bits per heavy atom. The van der Waals surface area contributed by atoms with Gasteiger partial charge < -0.3 is 19.3 Å². The van der Waals surface area contributed by atoms with Crippen molar-refractivity contribution in [1.29, 1.82) is 0 Å². The maximum atomic E-state index is 13.8. The first-order chi connectivity index (χ1) is 18.4. The molecule has 1 aliphatic rings. The van der Waals surface area contributed by atoms with Gasteiger partial charge in [-0.25, -0.2) is 8.42 Å². The van der Waals surface area contributed by atoms with Crippen LogP contribution in [-0.4, -0.2) is 71.9 Å². The van der Waals surface area contributed by atoms with E-state index in [4.69, 9.17) is 9.47 Å². The average Bonchev–Trinajstić information content (AvgIpc) is 2.96. The Bertz CT molecular complexity index is 1320. The molecule has 10 heteroatoms. The molecule has 0 saturated carbocycles. The number of hydrogen-bond donors (Lipinski definition) is 0. The highest BCUT2D eigenvalue weighted by Gasteiger charge is 2.30. The zero-order valence-corrected chi connectivity index (χ0v) is 23.5. The summed E-state index contributed by atoms with van der Waals surface area (Å²) in [6.45, 7) is 4.30. The number of ether oxygens (including phenoxy) is 2. The van der Waals surface area contributed by atoms with E-state index in [1.54, 1.807) is 60.5 Å². The van der Waals surface area contributed by atoms with E-state index in [9.17, 15) is 13.2 Å². The summed E-state index contributed by atoms with van der Waals surface area (Å²) in [7, 11) is -2.35. The van der Waals surface area contributed by atoms with Gasteiger partial charge in [-0.2, -0.15) is 0 Å². The monoisotopic (exact) mass is 555 g/mol. The van der Waals surface area contributed by atoms with Gasteiger partial charge in [-0.15, -0.1) is 11.8 Å². The number of amides is 1. The van der Waals surface area contributed by atoms with Crippen LogP contribution in [0.5, 0.6) is 11.5 Å². The predicted octanol–water partition coefficient (Wildman–Crippen LogP) is 4.36. The lowest BCUT2D eigenvalue weighted by Crippen LogP contribution is -2.52. The second-order valence-electron chi connectivity index (χ2n) is 8.65. The first-order valence-corrected chi connectivity index (χ1v) is 15.1. The number of anilines is 2. The number of benzene rings is 3. The number of piperazine rings is 1. The Labute approximate surface area is 229 Å². The molecule has 0 aromatic heterocycles. The van der Waals surface area contributed by atoms with E-state index in [0.717, 1.165) is 16.3 Å². The van der Waals surface area contributed by atoms with E-state index >= 15 is 0 Å². The highest BCUT2D eigenvalue weighted by Crippen LogP contribution is 2.30. The molecule has 0 atom stereocenters. The minimum absolute atomic E-state index is 0.137. The van der Waals surface area contributed by atoms with Crippen LogP contribution in [0.2, 0.25) is 0 Å². The first kappa shape index (κ1) is 27.7. The van der Waals surface area contributed by atoms with Gasteiger partial charge in [0.25, 0.3) is 10.0 Å². The molecule has 0 bridgehead atoms. The van der Waals surface area contributed by atoms with Gasteiger partial charge in [0, 0.05) is 31.1 Å². The molecule has 202 valence electrons. The van der Waals surface area contributed by atoms with E-state index in [1.807, 2.05) is 37.4 Å². The van der Waals surface area contributed by atoms with Crippen molar-refractivity contribution in [3.63, 3.8) is 0 Å². The van der Waals surface area contributed by atoms with Crippen LogP contribution in [0.15, 0.2) is 82.6 Å². The van der Waals surface area contributed by atoms with Gasteiger partial charge in [-0.3, -0.25) is 9.10 Å². The maximum absolute atomic E-state index is 13.8. The summed E-state index contributed by atoms with van der Waals surface area (Å²) >= 11 is 1.53. The van der Waals surface area contributed by atoms with Gasteiger partial charge in [0.05, 0.1) is 30.0 Å². The Balaban J connectivity index is 1.54. The second kappa shape index (κ2) is 12.4. The molecule has 8 nitrogen and oxygen atoms in total. The van der Waals surface area contributed by atoms with Gasteiger partial charge in [-0.1, -0.05) is 12.1 Å². The molecule has 1 fully saturated rings. The molecule has 0 aliphatic carbocycles. The van der Waals surface area contributed by atoms with Crippen molar-refractivity contribution in [2.75, 3.05) is 61.9 Å². The zero-order chi connectivity index (χ0) is 27.1. The molecule has 3 aromatic carbocycles. The summed E-state index contributed by atoms with van der Waals surface area (Å²) in [4.78, 5) is 18.4. The van der Waals surface area contributed by atoms with Crippen molar-refractivity contribution < 1.29 is 22.7 Å². The highest BCUT2D eigenvalue weighted by molar-refractivity contribution is 7.98. The Morgan fingerprint density at radius 1 is 0.947 bits per heavy atom. The zero-order valence-electron chi connectivity index (χ0n) is 21.9.